The van der Waals surface area contributed by atoms with E-state index in [1.54, 1.807) is 0 Å². The predicted molar refractivity (Wildman–Crippen MR) is 38.0 cm³/mol. The van der Waals surface area contributed by atoms with E-state index in [0.29, 0.717) is 0 Å². The summed E-state index contributed by atoms with van der Waals surface area (Å²) in [7, 11) is 0. The Morgan fingerprint density at radius 3 is 1.60 bits per heavy atom. The van der Waals surface area contributed by atoms with Gasteiger partial charge in [0.05, 0.1) is 0 Å². The maximum atomic E-state index is 7.94. The topological polar surface area (TPSA) is 17.1 Å². The van der Waals surface area contributed by atoms with Gasteiger partial charge in [-0.15, -0.1) is 0 Å². The van der Waals surface area contributed by atoms with Gasteiger partial charge in [0.25, 0.3) is 0 Å². The van der Waals surface area contributed by atoms with Crippen molar-refractivity contribution in [3.8, 4) is 0 Å². The van der Waals surface area contributed by atoms with E-state index in [1.165, 1.54) is 32.1 Å². The Morgan fingerprint density at radius 1 is 1.10 bits per heavy atom. The van der Waals surface area contributed by atoms with Crippen LogP contribution in [0.1, 0.15) is 32.1 Å². The second kappa shape index (κ2) is 16.0. The summed E-state index contributed by atoms with van der Waals surface area (Å²) in [4.78, 5) is 0. The number of hydrogen-bond acceptors (Lipinski definition) is 1. The second-order valence-electron chi connectivity index (χ2n) is 1.93. The zero-order valence-corrected chi connectivity index (χ0v) is 7.18. The van der Waals surface area contributed by atoms with Gasteiger partial charge in [0.2, 0.25) is 0 Å². The molecule has 1 aliphatic carbocycles. The first kappa shape index (κ1) is 12.7. The normalized spacial score (nSPS) is 15.3. The van der Waals surface area contributed by atoms with Crippen LogP contribution in [0.2, 0.25) is 0 Å². The van der Waals surface area contributed by atoms with Crippen LogP contribution in [0, 0.1) is 13.0 Å². The van der Waals surface area contributed by atoms with Gasteiger partial charge in [-0.25, -0.2) is 0 Å². The molecule has 0 amide bonds. The SMILES string of the molecule is [CH-]1CCCCC1.[CH-]=C.[O]=[Co]. The van der Waals surface area contributed by atoms with E-state index >= 15 is 0 Å². The molecule has 0 N–H and O–H groups in total. The summed E-state index contributed by atoms with van der Waals surface area (Å²) in [6.07, 6.45) is 9.50. The van der Waals surface area contributed by atoms with Gasteiger partial charge < -0.3 is 13.0 Å². The first-order chi connectivity index (χ1) is 5.00. The van der Waals surface area contributed by atoms with Gasteiger partial charge in [-0.1, -0.05) is 19.3 Å². The Morgan fingerprint density at radius 2 is 1.50 bits per heavy atom. The van der Waals surface area contributed by atoms with Gasteiger partial charge in [-0.2, -0.15) is 12.8 Å². The van der Waals surface area contributed by atoms with Crippen LogP contribution in [0.3, 0.4) is 0 Å². The monoisotopic (exact) mass is 185 g/mol. The summed E-state index contributed by atoms with van der Waals surface area (Å²) >= 11 is 2.31. The third-order valence-electron chi connectivity index (χ3n) is 1.32. The van der Waals surface area contributed by atoms with Crippen LogP contribution < -0.4 is 0 Å². The van der Waals surface area contributed by atoms with Gasteiger partial charge in [0, 0.05) is 0 Å². The van der Waals surface area contributed by atoms with Crippen molar-refractivity contribution in [2.24, 2.45) is 0 Å². The summed E-state index contributed by atoms with van der Waals surface area (Å²) < 4.78 is 7.94. The summed E-state index contributed by atoms with van der Waals surface area (Å²) in [5, 5.41) is 0. The molecule has 0 bridgehead atoms. The van der Waals surface area contributed by atoms with Crippen LogP contribution in [-0.4, -0.2) is 0 Å². The molecule has 2 heteroatoms. The zero-order chi connectivity index (χ0) is 8.24. The quantitative estimate of drug-likeness (QED) is 0.530. The van der Waals surface area contributed by atoms with Crippen LogP contribution in [0.15, 0.2) is 6.58 Å². The maximum absolute atomic E-state index is 7.94. The Labute approximate surface area is 71.7 Å². The van der Waals surface area contributed by atoms with Crippen molar-refractivity contribution in [1.29, 1.82) is 0 Å². The van der Waals surface area contributed by atoms with Gasteiger partial charge >= 0.3 is 19.5 Å². The first-order valence-corrected chi connectivity index (χ1v) is 3.79. The van der Waals surface area contributed by atoms with Crippen molar-refractivity contribution in [2.45, 2.75) is 32.1 Å². The molecule has 1 aliphatic rings. The molecule has 0 spiro atoms. The molecule has 0 radical (unpaired) electrons. The summed E-state index contributed by atoms with van der Waals surface area (Å²) in [5.74, 6) is 0. The minimum absolute atomic E-state index is 1.38. The zero-order valence-electron chi connectivity index (χ0n) is 6.14. The molecule has 0 heterocycles. The van der Waals surface area contributed by atoms with Gasteiger partial charge in [0.15, 0.2) is 0 Å². The van der Waals surface area contributed by atoms with Crippen LogP contribution in [0.25, 0.3) is 0 Å². The molecule has 10 heavy (non-hydrogen) atoms. The van der Waals surface area contributed by atoms with E-state index in [2.05, 4.69) is 35.2 Å². The molecule has 0 atom stereocenters. The molecule has 0 aliphatic heterocycles. The van der Waals surface area contributed by atoms with Gasteiger partial charge in [-0.05, 0) is 0 Å². The molecular formula is C8H14CoO-2. The fourth-order valence-electron chi connectivity index (χ4n) is 0.898. The molecule has 1 nitrogen and oxygen atoms in total. The van der Waals surface area contributed by atoms with Gasteiger partial charge in [-0.3, -0.25) is 6.58 Å². The Bertz CT molecular complexity index is 39.7. The second-order valence-corrected chi connectivity index (χ2v) is 1.93. The van der Waals surface area contributed by atoms with Crippen molar-refractivity contribution in [2.75, 3.05) is 0 Å². The molecule has 0 aromatic carbocycles. The fourth-order valence-corrected chi connectivity index (χ4v) is 0.898. The van der Waals surface area contributed by atoms with Crippen molar-refractivity contribution >= 4 is 0 Å². The van der Waals surface area contributed by atoms with E-state index in [0.717, 1.165) is 0 Å². The molecular weight excluding hydrogens is 171 g/mol. The van der Waals surface area contributed by atoms with Crippen molar-refractivity contribution in [3.05, 3.63) is 19.6 Å². The average Bonchev–Trinajstić information content (AvgIpc) is 2.14. The fraction of sp³-hybridized carbons (Fsp3) is 0.625. The van der Waals surface area contributed by atoms with Crippen LogP contribution in [-0.2, 0) is 19.5 Å². The first-order valence-electron chi connectivity index (χ1n) is 3.36. The molecule has 1 saturated carbocycles. The summed E-state index contributed by atoms with van der Waals surface area (Å²) in [6.45, 7) is 7.00. The molecule has 0 unspecified atom stereocenters. The molecule has 1 fully saturated rings. The van der Waals surface area contributed by atoms with E-state index < -0.39 is 0 Å². The van der Waals surface area contributed by atoms with Crippen molar-refractivity contribution < 1.29 is 19.5 Å². The molecule has 63 valence electrons. The Hall–Kier alpha value is 0.0465. The van der Waals surface area contributed by atoms with E-state index in [-0.39, 0.29) is 0 Å². The van der Waals surface area contributed by atoms with E-state index in [1.807, 2.05) is 0 Å². The van der Waals surface area contributed by atoms with E-state index in [4.69, 9.17) is 3.87 Å². The molecule has 0 aromatic heterocycles. The molecule has 0 aromatic rings. The standard InChI is InChI=1S/C6H11.C2H3.Co.O/c1-2-4-6-5-3-1;1-2;;/h1H,2-6H2;1H,2H2;;/q2*-1;;. The summed E-state index contributed by atoms with van der Waals surface area (Å²) in [6, 6.07) is 0. The van der Waals surface area contributed by atoms with Crippen molar-refractivity contribution in [3.63, 3.8) is 0 Å². The third-order valence-corrected chi connectivity index (χ3v) is 1.32. The Kier molecular flexibility index (Phi) is 20.3. The van der Waals surface area contributed by atoms with Crippen LogP contribution >= 0.6 is 0 Å². The van der Waals surface area contributed by atoms with Crippen molar-refractivity contribution in [1.82, 2.24) is 0 Å². The Balaban J connectivity index is 0. The molecule has 1 rings (SSSR count). The van der Waals surface area contributed by atoms with E-state index in [9.17, 15) is 0 Å². The third kappa shape index (κ3) is 10.9. The number of hydrogen-bond donors (Lipinski definition) is 0. The number of rotatable bonds is 0. The molecule has 0 saturated heterocycles. The van der Waals surface area contributed by atoms with Crippen LogP contribution in [0.4, 0.5) is 0 Å². The minimum atomic E-state index is 1.38. The predicted octanol–water partition coefficient (Wildman–Crippen LogP) is 2.64. The summed E-state index contributed by atoms with van der Waals surface area (Å²) in [5.41, 5.74) is 0. The average molecular weight is 185 g/mol. The van der Waals surface area contributed by atoms with Gasteiger partial charge in [0.1, 0.15) is 0 Å². The van der Waals surface area contributed by atoms with Crippen LogP contribution in [0.5, 0.6) is 0 Å².